The van der Waals surface area contributed by atoms with Gasteiger partial charge in [-0.15, -0.1) is 5.10 Å². The molecule has 1 N–H and O–H groups in total. The minimum atomic E-state index is -4.48. The van der Waals surface area contributed by atoms with Gasteiger partial charge < -0.3 is 10.2 Å². The van der Waals surface area contributed by atoms with Crippen LogP contribution in [-0.4, -0.2) is 36.4 Å². The Labute approximate surface area is 164 Å². The zero-order valence-electron chi connectivity index (χ0n) is 15.5. The van der Waals surface area contributed by atoms with Crippen LogP contribution >= 0.6 is 0 Å². The van der Waals surface area contributed by atoms with Gasteiger partial charge in [0.05, 0.1) is 5.56 Å². The first-order valence-electron chi connectivity index (χ1n) is 8.73. The highest BCUT2D eigenvalue weighted by atomic mass is 19.4. The first kappa shape index (κ1) is 18.9. The van der Waals surface area contributed by atoms with Crippen molar-refractivity contribution in [3.8, 4) is 0 Å². The van der Waals surface area contributed by atoms with Crippen LogP contribution in [0.15, 0.2) is 47.5 Å². The van der Waals surface area contributed by atoms with Crippen LogP contribution in [0.5, 0.6) is 0 Å². The lowest BCUT2D eigenvalue weighted by Gasteiger charge is -2.15. The molecule has 0 saturated carbocycles. The monoisotopic (exact) mass is 399 g/mol. The van der Waals surface area contributed by atoms with Crippen LogP contribution in [0.25, 0.3) is 10.8 Å². The first-order valence-corrected chi connectivity index (χ1v) is 8.73. The fraction of sp³-hybridized carbons (Fsp3) is 0.200. The van der Waals surface area contributed by atoms with Gasteiger partial charge in [0.25, 0.3) is 5.91 Å². The Morgan fingerprint density at radius 2 is 1.83 bits per heavy atom. The molecule has 1 aliphatic rings. The maximum Gasteiger partial charge on any atom is 0.416 e. The van der Waals surface area contributed by atoms with E-state index in [1.807, 2.05) is 19.0 Å². The average Bonchev–Trinajstić information content (AvgIpc) is 3.51. The number of benzene rings is 2. The third-order valence-electron chi connectivity index (χ3n) is 4.50. The summed E-state index contributed by atoms with van der Waals surface area (Å²) in [6.45, 7) is 0. The molecule has 1 unspecified atom stereocenters. The van der Waals surface area contributed by atoms with Crippen LogP contribution in [0.2, 0.25) is 0 Å². The molecule has 29 heavy (non-hydrogen) atoms. The summed E-state index contributed by atoms with van der Waals surface area (Å²) in [4.78, 5) is 18.6. The molecule has 2 aromatic carbocycles. The van der Waals surface area contributed by atoms with E-state index in [-0.39, 0.29) is 11.7 Å². The fourth-order valence-electron chi connectivity index (χ4n) is 3.01. The highest BCUT2D eigenvalue weighted by molar-refractivity contribution is 6.08. The van der Waals surface area contributed by atoms with Gasteiger partial charge in [-0.25, -0.2) is 0 Å². The minimum absolute atomic E-state index is 0.0671. The fourth-order valence-corrected chi connectivity index (χ4v) is 3.01. The Morgan fingerprint density at radius 3 is 2.48 bits per heavy atom. The molecule has 0 spiro atoms. The van der Waals surface area contributed by atoms with Crippen LogP contribution in [0.4, 0.5) is 24.7 Å². The maximum absolute atomic E-state index is 12.9. The number of rotatable bonds is 4. The van der Waals surface area contributed by atoms with E-state index in [9.17, 15) is 18.0 Å². The highest BCUT2D eigenvalue weighted by Crippen LogP contribution is 2.34. The molecule has 6 nitrogen and oxygen atoms in total. The van der Waals surface area contributed by atoms with Gasteiger partial charge in [-0.2, -0.15) is 18.3 Å². The van der Waals surface area contributed by atoms with E-state index in [0.717, 1.165) is 22.9 Å². The van der Waals surface area contributed by atoms with E-state index in [0.29, 0.717) is 17.1 Å². The van der Waals surface area contributed by atoms with Gasteiger partial charge >= 0.3 is 6.18 Å². The third-order valence-corrected chi connectivity index (χ3v) is 4.50. The number of fused-ring (bicyclic) bond motifs is 1. The molecule has 1 amide bonds. The Hall–Kier alpha value is -3.49. The van der Waals surface area contributed by atoms with Crippen molar-refractivity contribution >= 4 is 34.4 Å². The lowest BCUT2D eigenvalue weighted by Crippen LogP contribution is -2.15. The number of aliphatic imine (C=N–C) groups is 1. The number of alkyl halides is 3. The van der Waals surface area contributed by atoms with E-state index in [4.69, 9.17) is 0 Å². The van der Waals surface area contributed by atoms with Crippen LogP contribution in [0, 0.1) is 0 Å². The van der Waals surface area contributed by atoms with Crippen molar-refractivity contribution in [3.05, 3.63) is 59.3 Å². The van der Waals surface area contributed by atoms with Gasteiger partial charge in [0.15, 0.2) is 5.82 Å². The van der Waals surface area contributed by atoms with Crippen LogP contribution < -0.4 is 10.2 Å². The highest BCUT2D eigenvalue weighted by Gasteiger charge is 2.30. The summed E-state index contributed by atoms with van der Waals surface area (Å²) in [7, 11) is 3.68. The van der Waals surface area contributed by atoms with E-state index >= 15 is 0 Å². The molecular weight excluding hydrogens is 383 g/mol. The smallest absolute Gasteiger partial charge is 0.361 e. The topological polar surface area (TPSA) is 70.5 Å². The van der Waals surface area contributed by atoms with Gasteiger partial charge in [-0.1, -0.05) is 6.07 Å². The summed E-state index contributed by atoms with van der Waals surface area (Å²) in [5.41, 5.74) is 0.180. The van der Waals surface area contributed by atoms with Crippen molar-refractivity contribution in [1.29, 1.82) is 0 Å². The molecule has 1 atom stereocenters. The maximum atomic E-state index is 12.9. The van der Waals surface area contributed by atoms with Crippen LogP contribution in [0.1, 0.15) is 27.7 Å². The van der Waals surface area contributed by atoms with E-state index in [1.165, 1.54) is 12.1 Å². The van der Waals surface area contributed by atoms with Gasteiger partial charge in [0.2, 0.25) is 0 Å². The minimum Gasteiger partial charge on any atom is -0.361 e. The lowest BCUT2D eigenvalue weighted by molar-refractivity contribution is -0.137. The van der Waals surface area contributed by atoms with Crippen molar-refractivity contribution in [2.45, 2.75) is 12.2 Å². The van der Waals surface area contributed by atoms with Crippen molar-refractivity contribution < 1.29 is 18.0 Å². The molecule has 0 fully saturated rings. The van der Waals surface area contributed by atoms with E-state index in [2.05, 4.69) is 20.5 Å². The third kappa shape index (κ3) is 3.75. The molecule has 4 rings (SSSR count). The molecule has 0 radical (unpaired) electrons. The van der Waals surface area contributed by atoms with E-state index < -0.39 is 17.6 Å². The van der Waals surface area contributed by atoms with Gasteiger partial charge in [-0.3, -0.25) is 9.79 Å². The van der Waals surface area contributed by atoms with Gasteiger partial charge in [-0.05, 0) is 36.4 Å². The molecule has 9 heteroatoms. The molecule has 148 valence electrons. The molecule has 0 bridgehead atoms. The number of hydrogen-bond donors (Lipinski definition) is 1. The Bertz CT molecular complexity index is 1130. The molecule has 2 heterocycles. The number of anilines is 2. The predicted octanol–water partition coefficient (Wildman–Crippen LogP) is 4.09. The standard InChI is InChI=1S/C20H16F3N5O/c1-28(2)18-14-7-6-11(8-15(14)17(26-27-18)16-10-24-16)19(29)25-13-5-3-4-12(9-13)20(21,22)23/h3-10,16H,1-2H3,(H,25,29). The van der Waals surface area contributed by atoms with Crippen LogP contribution in [0.3, 0.4) is 0 Å². The Balaban J connectivity index is 1.69. The second-order valence-corrected chi connectivity index (χ2v) is 6.84. The van der Waals surface area contributed by atoms with Gasteiger partial charge in [0, 0.05) is 42.3 Å². The second kappa shape index (κ2) is 6.84. The summed E-state index contributed by atoms with van der Waals surface area (Å²) in [6.07, 6.45) is -2.75. The van der Waals surface area contributed by atoms with E-state index in [1.54, 1.807) is 24.4 Å². The first-order chi connectivity index (χ1) is 13.7. The molecular formula is C20H16F3N5O. The van der Waals surface area contributed by atoms with Crippen molar-refractivity contribution in [3.63, 3.8) is 0 Å². The molecule has 0 saturated heterocycles. The van der Waals surface area contributed by atoms with Crippen molar-refractivity contribution in [2.24, 2.45) is 4.99 Å². The average molecular weight is 399 g/mol. The predicted molar refractivity (Wildman–Crippen MR) is 104 cm³/mol. The Morgan fingerprint density at radius 1 is 1.07 bits per heavy atom. The number of aromatic nitrogens is 2. The zero-order chi connectivity index (χ0) is 20.8. The number of halogens is 3. The molecule has 3 aromatic rings. The lowest BCUT2D eigenvalue weighted by atomic mass is 10.0. The number of nitrogens with zero attached hydrogens (tertiary/aromatic N) is 4. The summed E-state index contributed by atoms with van der Waals surface area (Å²) in [5, 5.41) is 12.5. The van der Waals surface area contributed by atoms with Crippen LogP contribution in [-0.2, 0) is 6.18 Å². The second-order valence-electron chi connectivity index (χ2n) is 6.84. The summed E-state index contributed by atoms with van der Waals surface area (Å²) in [5.74, 6) is 0.131. The van der Waals surface area contributed by atoms with Crippen molar-refractivity contribution in [1.82, 2.24) is 10.2 Å². The number of nitrogens with one attached hydrogen (secondary N) is 1. The zero-order valence-corrected chi connectivity index (χ0v) is 15.5. The normalized spacial score (nSPS) is 15.4. The number of carbonyl (C=O) groups is 1. The molecule has 1 aromatic heterocycles. The van der Waals surface area contributed by atoms with Gasteiger partial charge in [0.1, 0.15) is 11.7 Å². The quantitative estimate of drug-likeness (QED) is 0.717. The molecule has 1 aliphatic heterocycles. The SMILES string of the molecule is CN(C)c1nnc(C2C=N2)c2cc(C(=O)Nc3cccc(C(F)(F)F)c3)ccc12. The molecule has 0 aliphatic carbocycles. The number of carbonyl (C=O) groups excluding carboxylic acids is 1. The largest absolute Gasteiger partial charge is 0.416 e. The van der Waals surface area contributed by atoms with Crippen molar-refractivity contribution in [2.75, 3.05) is 24.3 Å². The number of hydrogen-bond acceptors (Lipinski definition) is 5. The summed E-state index contributed by atoms with van der Waals surface area (Å²) < 4.78 is 38.7. The summed E-state index contributed by atoms with van der Waals surface area (Å²) >= 11 is 0. The Kier molecular flexibility index (Phi) is 4.45. The number of amides is 1. The summed E-state index contributed by atoms with van der Waals surface area (Å²) in [6, 6.07) is 9.38.